The van der Waals surface area contributed by atoms with Gasteiger partial charge in [0.25, 0.3) is 5.89 Å². The second-order valence-corrected chi connectivity index (χ2v) is 5.92. The second kappa shape index (κ2) is 7.03. The molecule has 7 heteroatoms. The summed E-state index contributed by atoms with van der Waals surface area (Å²) >= 11 is 5.67. The Morgan fingerprint density at radius 3 is 2.76 bits per heavy atom. The van der Waals surface area contributed by atoms with Gasteiger partial charge >= 0.3 is 5.97 Å². The van der Waals surface area contributed by atoms with E-state index in [0.29, 0.717) is 5.89 Å². The first-order valence-corrected chi connectivity index (χ1v) is 7.88. The van der Waals surface area contributed by atoms with Crippen molar-refractivity contribution in [3.8, 4) is 11.5 Å². The van der Waals surface area contributed by atoms with E-state index in [1.807, 2.05) is 31.2 Å². The molecule has 128 valence electrons. The Morgan fingerprint density at radius 1 is 1.24 bits per heavy atom. The third-order valence-electron chi connectivity index (χ3n) is 3.49. The molecule has 0 fully saturated rings. The fraction of sp³-hybridized carbons (Fsp3) is 0.167. The minimum Gasteiger partial charge on any atom is -0.449 e. The maximum atomic E-state index is 13.8. The van der Waals surface area contributed by atoms with Crippen molar-refractivity contribution in [2.45, 2.75) is 20.0 Å². The van der Waals surface area contributed by atoms with Gasteiger partial charge in [-0.25, -0.2) is 9.18 Å². The zero-order chi connectivity index (χ0) is 18.0. The number of carbonyl (C=O) groups excluding carboxylic acids is 1. The van der Waals surface area contributed by atoms with E-state index >= 15 is 0 Å². The molecule has 0 saturated heterocycles. The van der Waals surface area contributed by atoms with Crippen molar-refractivity contribution in [3.63, 3.8) is 0 Å². The van der Waals surface area contributed by atoms with Gasteiger partial charge < -0.3 is 9.15 Å². The van der Waals surface area contributed by atoms with Crippen molar-refractivity contribution in [1.29, 1.82) is 0 Å². The van der Waals surface area contributed by atoms with E-state index < -0.39 is 17.9 Å². The molecular formula is C18H14ClFN2O3. The number of benzene rings is 2. The minimum atomic E-state index is -0.836. The van der Waals surface area contributed by atoms with Crippen LogP contribution < -0.4 is 0 Å². The van der Waals surface area contributed by atoms with Crippen LogP contribution in [0.5, 0.6) is 0 Å². The van der Waals surface area contributed by atoms with E-state index in [1.54, 1.807) is 6.92 Å². The molecule has 3 aromatic rings. The zero-order valence-electron chi connectivity index (χ0n) is 13.5. The summed E-state index contributed by atoms with van der Waals surface area (Å²) in [6.07, 6.45) is -0.825. The summed E-state index contributed by atoms with van der Waals surface area (Å²) < 4.78 is 24.5. The highest BCUT2D eigenvalue weighted by atomic mass is 35.5. The van der Waals surface area contributed by atoms with Gasteiger partial charge in [0, 0.05) is 10.6 Å². The smallest absolute Gasteiger partial charge is 0.341 e. The Balaban J connectivity index is 1.75. The quantitative estimate of drug-likeness (QED) is 0.628. The minimum absolute atomic E-state index is 0.124. The average molecular weight is 361 g/mol. The molecule has 2 aromatic carbocycles. The topological polar surface area (TPSA) is 65.2 Å². The normalized spacial score (nSPS) is 12.0. The highest BCUT2D eigenvalue weighted by molar-refractivity contribution is 6.30. The first kappa shape index (κ1) is 17.1. The molecule has 0 saturated carbocycles. The van der Waals surface area contributed by atoms with Crippen LogP contribution in [-0.4, -0.2) is 16.2 Å². The van der Waals surface area contributed by atoms with E-state index in [4.69, 9.17) is 20.8 Å². The van der Waals surface area contributed by atoms with E-state index in [9.17, 15) is 9.18 Å². The molecule has 0 radical (unpaired) electrons. The molecule has 25 heavy (non-hydrogen) atoms. The van der Waals surface area contributed by atoms with Gasteiger partial charge in [0.05, 0.1) is 5.56 Å². The molecular weight excluding hydrogens is 347 g/mol. The first-order valence-electron chi connectivity index (χ1n) is 7.50. The lowest BCUT2D eigenvalue weighted by Gasteiger charge is -2.10. The Kier molecular flexibility index (Phi) is 4.81. The summed E-state index contributed by atoms with van der Waals surface area (Å²) in [5, 5.41) is 8.05. The van der Waals surface area contributed by atoms with E-state index in [0.717, 1.165) is 17.2 Å². The van der Waals surface area contributed by atoms with Crippen LogP contribution in [0.15, 0.2) is 46.9 Å². The van der Waals surface area contributed by atoms with Crippen LogP contribution in [-0.2, 0) is 4.74 Å². The largest absolute Gasteiger partial charge is 0.449 e. The molecule has 0 spiro atoms. The molecule has 5 nitrogen and oxygen atoms in total. The lowest BCUT2D eigenvalue weighted by atomic mass is 10.1. The SMILES string of the molecule is Cc1cccc(-c2nnc(C(C)OC(=O)c3ccc(Cl)cc3F)o2)c1. The molecule has 1 atom stereocenters. The van der Waals surface area contributed by atoms with Crippen LogP contribution in [0.4, 0.5) is 4.39 Å². The zero-order valence-corrected chi connectivity index (χ0v) is 14.2. The van der Waals surface area contributed by atoms with Crippen molar-refractivity contribution in [2.75, 3.05) is 0 Å². The van der Waals surface area contributed by atoms with Crippen LogP contribution in [0.2, 0.25) is 5.02 Å². The summed E-state index contributed by atoms with van der Waals surface area (Å²) in [5.41, 5.74) is 1.60. The summed E-state index contributed by atoms with van der Waals surface area (Å²) in [6.45, 7) is 3.52. The van der Waals surface area contributed by atoms with E-state index in [1.165, 1.54) is 12.1 Å². The van der Waals surface area contributed by atoms with Gasteiger partial charge in [-0.1, -0.05) is 29.3 Å². The van der Waals surface area contributed by atoms with E-state index in [2.05, 4.69) is 10.2 Å². The van der Waals surface area contributed by atoms with Gasteiger partial charge in [-0.05, 0) is 44.2 Å². The number of carbonyl (C=O) groups is 1. The lowest BCUT2D eigenvalue weighted by molar-refractivity contribution is 0.0274. The van der Waals surface area contributed by atoms with Crippen molar-refractivity contribution in [3.05, 3.63) is 70.3 Å². The van der Waals surface area contributed by atoms with Crippen LogP contribution in [0, 0.1) is 12.7 Å². The van der Waals surface area contributed by atoms with Crippen LogP contribution in [0.3, 0.4) is 0 Å². The summed E-state index contributed by atoms with van der Waals surface area (Å²) in [6, 6.07) is 11.3. The van der Waals surface area contributed by atoms with Crippen LogP contribution in [0.25, 0.3) is 11.5 Å². The molecule has 1 aromatic heterocycles. The fourth-order valence-corrected chi connectivity index (χ4v) is 2.38. The standard InChI is InChI=1S/C18H14ClFN2O3/c1-10-4-3-5-12(8-10)17-22-21-16(25-17)11(2)24-18(23)14-7-6-13(19)9-15(14)20/h3-9,11H,1-2H3. The number of hydrogen-bond donors (Lipinski definition) is 0. The van der Waals surface area contributed by atoms with Gasteiger partial charge in [0.15, 0.2) is 6.10 Å². The summed E-state index contributed by atoms with van der Waals surface area (Å²) in [7, 11) is 0. The Labute approximate surface area is 148 Å². The second-order valence-electron chi connectivity index (χ2n) is 5.49. The van der Waals surface area contributed by atoms with Crippen molar-refractivity contribution < 1.29 is 18.3 Å². The van der Waals surface area contributed by atoms with Crippen molar-refractivity contribution in [2.24, 2.45) is 0 Å². The molecule has 1 unspecified atom stereocenters. The number of esters is 1. The van der Waals surface area contributed by atoms with Crippen molar-refractivity contribution in [1.82, 2.24) is 10.2 Å². The number of hydrogen-bond acceptors (Lipinski definition) is 5. The predicted octanol–water partition coefficient (Wildman–Crippen LogP) is 4.76. The molecule has 0 amide bonds. The van der Waals surface area contributed by atoms with Crippen LogP contribution >= 0.6 is 11.6 Å². The van der Waals surface area contributed by atoms with Gasteiger partial charge in [-0.3, -0.25) is 0 Å². The first-order chi connectivity index (χ1) is 11.9. The van der Waals surface area contributed by atoms with Crippen LogP contribution in [0.1, 0.15) is 34.8 Å². The highest BCUT2D eigenvalue weighted by Gasteiger charge is 2.22. The third kappa shape index (κ3) is 3.85. The van der Waals surface area contributed by atoms with Gasteiger partial charge in [0.2, 0.25) is 5.89 Å². The predicted molar refractivity (Wildman–Crippen MR) is 89.7 cm³/mol. The maximum Gasteiger partial charge on any atom is 0.341 e. The molecule has 0 aliphatic rings. The maximum absolute atomic E-state index is 13.8. The number of aryl methyl sites for hydroxylation is 1. The molecule has 0 N–H and O–H groups in total. The lowest BCUT2D eigenvalue weighted by Crippen LogP contribution is -2.11. The molecule has 3 rings (SSSR count). The Morgan fingerprint density at radius 2 is 2.04 bits per heavy atom. The number of halogens is 2. The molecule has 0 aliphatic heterocycles. The van der Waals surface area contributed by atoms with Gasteiger partial charge in [-0.2, -0.15) is 0 Å². The van der Waals surface area contributed by atoms with E-state index in [-0.39, 0.29) is 16.5 Å². The van der Waals surface area contributed by atoms with Crippen molar-refractivity contribution >= 4 is 17.6 Å². The number of nitrogens with zero attached hydrogens (tertiary/aromatic N) is 2. The van der Waals surface area contributed by atoms with Gasteiger partial charge in [0.1, 0.15) is 5.82 Å². The Hall–Kier alpha value is -2.73. The van der Waals surface area contributed by atoms with Gasteiger partial charge in [-0.15, -0.1) is 10.2 Å². The molecule has 1 heterocycles. The molecule has 0 aliphatic carbocycles. The number of ether oxygens (including phenoxy) is 1. The summed E-state index contributed by atoms with van der Waals surface area (Å²) in [5.74, 6) is -1.15. The summed E-state index contributed by atoms with van der Waals surface area (Å²) in [4.78, 5) is 12.1. The number of aromatic nitrogens is 2. The monoisotopic (exact) mass is 360 g/mol. The molecule has 0 bridgehead atoms. The highest BCUT2D eigenvalue weighted by Crippen LogP contribution is 2.24. The average Bonchev–Trinajstić information content (AvgIpc) is 3.04. The fourth-order valence-electron chi connectivity index (χ4n) is 2.22. The number of rotatable bonds is 4. The third-order valence-corrected chi connectivity index (χ3v) is 3.72. The Bertz CT molecular complexity index is 926.